The lowest BCUT2D eigenvalue weighted by Gasteiger charge is -2.30. The largest absolute Gasteiger partial charge is 0.756 e. The fraction of sp³-hybridized carbons (Fsp3) is 0.911. The second-order valence-corrected chi connectivity index (χ2v) is 22.0. The summed E-state index contributed by atoms with van der Waals surface area (Å²) in [6.07, 6.45) is 59.2. The number of rotatable bonds is 52. The lowest BCUT2D eigenvalue weighted by molar-refractivity contribution is -0.870. The van der Waals surface area contributed by atoms with Crippen LogP contribution in [0.2, 0.25) is 0 Å². The number of carbonyl (C=O) groups excluding carboxylic acids is 1. The third-order valence-corrected chi connectivity index (χ3v) is 13.9. The first kappa shape index (κ1) is 64.0. The van der Waals surface area contributed by atoms with Crippen LogP contribution in [0, 0.1) is 0 Å². The Morgan fingerprint density at radius 1 is 0.554 bits per heavy atom. The van der Waals surface area contributed by atoms with Crippen molar-refractivity contribution in [2.45, 2.75) is 289 Å². The van der Waals surface area contributed by atoms with Crippen molar-refractivity contribution in [3.63, 3.8) is 0 Å². The average Bonchev–Trinajstić information content (AvgIpc) is 3.26. The summed E-state index contributed by atoms with van der Waals surface area (Å²) in [6, 6.07) is -0.799. The van der Waals surface area contributed by atoms with Crippen molar-refractivity contribution in [1.29, 1.82) is 0 Å². The number of nitrogens with zero attached hydrogens (tertiary/aromatic N) is 1. The van der Waals surface area contributed by atoms with E-state index in [0.29, 0.717) is 23.9 Å². The smallest absolute Gasteiger partial charge is 0.268 e. The van der Waals surface area contributed by atoms with E-state index in [4.69, 9.17) is 9.05 Å². The van der Waals surface area contributed by atoms with E-state index in [-0.39, 0.29) is 19.1 Å². The molecule has 0 aliphatic rings. The molecular formula is C56H111N2O6P. The summed E-state index contributed by atoms with van der Waals surface area (Å²) in [5.74, 6) is -0.161. The SMILES string of the molecule is CC/C=C\C/C=C\CCCCCCCCCCCCCCCCC(=O)NC(COP(=O)([O-])OCC[N+](C)(C)C)C(O)CCCCCCCCCCCCCCCCCCCCCCCC. The van der Waals surface area contributed by atoms with Gasteiger partial charge in [-0.2, -0.15) is 0 Å². The van der Waals surface area contributed by atoms with Gasteiger partial charge in [-0.25, -0.2) is 0 Å². The number of phosphoric acid groups is 1. The van der Waals surface area contributed by atoms with E-state index in [9.17, 15) is 19.4 Å². The molecular weight excluding hydrogens is 828 g/mol. The van der Waals surface area contributed by atoms with Gasteiger partial charge in [-0.05, 0) is 38.5 Å². The molecule has 3 unspecified atom stereocenters. The molecule has 386 valence electrons. The molecule has 65 heavy (non-hydrogen) atoms. The maximum Gasteiger partial charge on any atom is 0.268 e. The topological polar surface area (TPSA) is 108 Å². The second kappa shape index (κ2) is 48.0. The highest BCUT2D eigenvalue weighted by molar-refractivity contribution is 7.45. The summed E-state index contributed by atoms with van der Waals surface area (Å²) in [7, 11) is 1.32. The maximum atomic E-state index is 13.0. The highest BCUT2D eigenvalue weighted by atomic mass is 31.2. The normalized spacial score (nSPS) is 14.1. The van der Waals surface area contributed by atoms with Crippen molar-refractivity contribution < 1.29 is 32.9 Å². The van der Waals surface area contributed by atoms with Crippen molar-refractivity contribution in [3.8, 4) is 0 Å². The summed E-state index contributed by atoms with van der Waals surface area (Å²) >= 11 is 0. The second-order valence-electron chi connectivity index (χ2n) is 20.6. The summed E-state index contributed by atoms with van der Waals surface area (Å²) in [5, 5.41) is 14.0. The number of unbranched alkanes of at least 4 members (excludes halogenated alkanes) is 35. The molecule has 0 aromatic heterocycles. The van der Waals surface area contributed by atoms with E-state index in [0.717, 1.165) is 51.4 Å². The van der Waals surface area contributed by atoms with Crippen LogP contribution in [0.4, 0.5) is 0 Å². The van der Waals surface area contributed by atoms with E-state index >= 15 is 0 Å². The zero-order chi connectivity index (χ0) is 47.8. The Morgan fingerprint density at radius 2 is 0.938 bits per heavy atom. The first-order valence-electron chi connectivity index (χ1n) is 28.2. The van der Waals surface area contributed by atoms with Gasteiger partial charge in [0.1, 0.15) is 13.2 Å². The number of hydrogen-bond donors (Lipinski definition) is 2. The van der Waals surface area contributed by atoms with Gasteiger partial charge in [0, 0.05) is 6.42 Å². The highest BCUT2D eigenvalue weighted by Gasteiger charge is 2.24. The molecule has 0 aromatic carbocycles. The number of phosphoric ester groups is 1. The molecule has 0 rings (SSSR count). The van der Waals surface area contributed by atoms with Gasteiger partial charge in [0.05, 0.1) is 39.9 Å². The van der Waals surface area contributed by atoms with Gasteiger partial charge in [0.25, 0.3) is 7.82 Å². The number of likely N-dealkylation sites (N-methyl/N-ethyl adjacent to an activating group) is 1. The van der Waals surface area contributed by atoms with Crippen LogP contribution in [0.3, 0.4) is 0 Å². The zero-order valence-electron chi connectivity index (χ0n) is 44.0. The Bertz CT molecular complexity index is 1110. The molecule has 9 heteroatoms. The monoisotopic (exact) mass is 939 g/mol. The van der Waals surface area contributed by atoms with Crippen molar-refractivity contribution in [2.75, 3.05) is 40.9 Å². The minimum Gasteiger partial charge on any atom is -0.756 e. The van der Waals surface area contributed by atoms with Gasteiger partial charge >= 0.3 is 0 Å². The lowest BCUT2D eigenvalue weighted by atomic mass is 10.0. The molecule has 0 aromatic rings. The standard InChI is InChI=1S/C56H111N2O6P/c1-6-8-10-12-14-16-18-20-22-24-26-28-30-31-33-35-37-39-41-43-45-47-49-55(59)54(53-64-65(61,62)63-52-51-58(3,4)5)57-56(60)50-48-46-44-42-40-38-36-34-32-29-27-25-23-21-19-17-15-13-11-9-7-2/h9,11,15,17,54-55,59H,6-8,10,12-14,16,18-53H2,1-5H3,(H-,57,60,61,62)/b11-9-,17-15-. The number of aliphatic hydroxyl groups excluding tert-OH is 1. The highest BCUT2D eigenvalue weighted by Crippen LogP contribution is 2.38. The van der Waals surface area contributed by atoms with Crippen molar-refractivity contribution in [2.24, 2.45) is 0 Å². The van der Waals surface area contributed by atoms with Crippen molar-refractivity contribution in [1.82, 2.24) is 5.32 Å². The number of allylic oxidation sites excluding steroid dienone is 4. The van der Waals surface area contributed by atoms with Crippen LogP contribution in [0.15, 0.2) is 24.3 Å². The van der Waals surface area contributed by atoms with Crippen LogP contribution >= 0.6 is 7.82 Å². The molecule has 0 fully saturated rings. The average molecular weight is 939 g/mol. The van der Waals surface area contributed by atoms with Crippen LogP contribution in [0.5, 0.6) is 0 Å². The van der Waals surface area contributed by atoms with Crippen LogP contribution < -0.4 is 10.2 Å². The Kier molecular flexibility index (Phi) is 47.3. The Hall–Kier alpha value is -1.02. The van der Waals surface area contributed by atoms with Crippen LogP contribution in [-0.4, -0.2) is 68.5 Å². The van der Waals surface area contributed by atoms with Gasteiger partial charge < -0.3 is 28.8 Å². The molecule has 0 bridgehead atoms. The Morgan fingerprint density at radius 3 is 1.35 bits per heavy atom. The van der Waals surface area contributed by atoms with Crippen LogP contribution in [0.25, 0.3) is 0 Å². The maximum absolute atomic E-state index is 13.0. The van der Waals surface area contributed by atoms with Crippen LogP contribution in [-0.2, 0) is 18.4 Å². The zero-order valence-corrected chi connectivity index (χ0v) is 44.9. The molecule has 0 aliphatic carbocycles. The summed E-state index contributed by atoms with van der Waals surface area (Å²) in [5.41, 5.74) is 0. The summed E-state index contributed by atoms with van der Waals surface area (Å²) in [4.78, 5) is 25.5. The van der Waals surface area contributed by atoms with E-state index in [1.165, 1.54) is 199 Å². The minimum absolute atomic E-state index is 0.0139. The van der Waals surface area contributed by atoms with Gasteiger partial charge in [-0.15, -0.1) is 0 Å². The van der Waals surface area contributed by atoms with E-state index in [1.54, 1.807) is 0 Å². The number of nitrogens with one attached hydrogen (secondary N) is 1. The van der Waals surface area contributed by atoms with Gasteiger partial charge in [-0.3, -0.25) is 9.36 Å². The van der Waals surface area contributed by atoms with Crippen molar-refractivity contribution >= 4 is 13.7 Å². The van der Waals surface area contributed by atoms with E-state index < -0.39 is 20.0 Å². The quantitative estimate of drug-likeness (QED) is 0.0272. The van der Waals surface area contributed by atoms with E-state index in [1.807, 2.05) is 21.1 Å². The van der Waals surface area contributed by atoms with Gasteiger partial charge in [0.2, 0.25) is 5.91 Å². The van der Waals surface area contributed by atoms with E-state index in [2.05, 4.69) is 43.5 Å². The molecule has 1 amide bonds. The number of quaternary nitrogens is 1. The molecule has 0 heterocycles. The summed E-state index contributed by atoms with van der Waals surface area (Å²) in [6.45, 7) is 4.66. The predicted octanol–water partition coefficient (Wildman–Crippen LogP) is 16.2. The summed E-state index contributed by atoms with van der Waals surface area (Å²) < 4.78 is 23.4. The Balaban J connectivity index is 4.16. The molecule has 0 radical (unpaired) electrons. The fourth-order valence-corrected chi connectivity index (χ4v) is 9.27. The predicted molar refractivity (Wildman–Crippen MR) is 279 cm³/mol. The number of amides is 1. The third kappa shape index (κ3) is 50.7. The molecule has 2 N–H and O–H groups in total. The van der Waals surface area contributed by atoms with Gasteiger partial charge in [0.15, 0.2) is 0 Å². The minimum atomic E-state index is -4.57. The fourth-order valence-electron chi connectivity index (χ4n) is 8.55. The van der Waals surface area contributed by atoms with Crippen molar-refractivity contribution in [3.05, 3.63) is 24.3 Å². The molecule has 8 nitrogen and oxygen atoms in total. The number of hydrogen-bond acceptors (Lipinski definition) is 6. The molecule has 0 saturated carbocycles. The molecule has 3 atom stereocenters. The first-order valence-corrected chi connectivity index (χ1v) is 29.6. The number of aliphatic hydroxyl groups is 1. The van der Waals surface area contributed by atoms with Gasteiger partial charge in [-0.1, -0.05) is 256 Å². The molecule has 0 spiro atoms. The molecule has 0 aliphatic heterocycles. The third-order valence-electron chi connectivity index (χ3n) is 13.0. The first-order chi connectivity index (χ1) is 31.5. The number of carbonyl (C=O) groups is 1. The molecule has 0 saturated heterocycles. The Labute approximate surface area is 404 Å². The van der Waals surface area contributed by atoms with Crippen LogP contribution in [0.1, 0.15) is 277 Å². The lowest BCUT2D eigenvalue weighted by Crippen LogP contribution is -2.46.